The first-order chi connectivity index (χ1) is 12.7. The monoisotopic (exact) mass is 365 g/mol. The zero-order chi connectivity index (χ0) is 18.2. The molecule has 3 aromatic rings. The fraction of sp³-hybridized carbons (Fsp3) is 0.217. The van der Waals surface area contributed by atoms with E-state index in [2.05, 4.69) is 60.8 Å². The maximum Gasteiger partial charge on any atom is 0.120 e. The molecular formula is C23H24ClNO. The summed E-state index contributed by atoms with van der Waals surface area (Å²) in [6, 6.07) is 24.7. The maximum atomic E-state index is 5.93. The molecule has 0 radical (unpaired) electrons. The normalized spacial score (nSPS) is 10.7. The van der Waals surface area contributed by atoms with E-state index in [-0.39, 0.29) is 0 Å². The fourth-order valence-electron chi connectivity index (χ4n) is 2.83. The molecule has 0 atom stereocenters. The molecule has 3 rings (SSSR count). The van der Waals surface area contributed by atoms with Crippen LogP contribution in [0.15, 0.2) is 72.8 Å². The molecule has 0 amide bonds. The van der Waals surface area contributed by atoms with Gasteiger partial charge in [-0.3, -0.25) is 0 Å². The highest BCUT2D eigenvalue weighted by molar-refractivity contribution is 6.30. The van der Waals surface area contributed by atoms with Crippen LogP contribution in [0.2, 0.25) is 5.02 Å². The Bertz CT molecular complexity index is 830. The average Bonchev–Trinajstić information content (AvgIpc) is 2.65. The molecule has 26 heavy (non-hydrogen) atoms. The largest absolute Gasteiger partial charge is 0.489 e. The van der Waals surface area contributed by atoms with Crippen molar-refractivity contribution >= 4 is 11.6 Å². The van der Waals surface area contributed by atoms with Gasteiger partial charge in [0.25, 0.3) is 0 Å². The molecule has 134 valence electrons. The lowest BCUT2D eigenvalue weighted by Crippen LogP contribution is -2.16. The van der Waals surface area contributed by atoms with Crippen LogP contribution in [-0.2, 0) is 19.6 Å². The van der Waals surface area contributed by atoms with Crippen molar-refractivity contribution in [3.63, 3.8) is 0 Å². The standard InChI is InChI=1S/C23H24ClNO/c1-18-4-2-6-21(14-18)17-26-23-7-3-5-20(15-23)16-25-13-12-19-8-10-22(24)11-9-19/h2-11,14-15,25H,12-13,16-17H2,1H3. The minimum atomic E-state index is 0.592. The average molecular weight is 366 g/mol. The minimum Gasteiger partial charge on any atom is -0.489 e. The van der Waals surface area contributed by atoms with Crippen LogP contribution in [0.3, 0.4) is 0 Å². The number of halogens is 1. The molecule has 0 spiro atoms. The second kappa shape index (κ2) is 9.42. The summed E-state index contributed by atoms with van der Waals surface area (Å²) in [4.78, 5) is 0. The molecule has 0 aliphatic rings. The van der Waals surface area contributed by atoms with Gasteiger partial charge < -0.3 is 10.1 Å². The molecule has 0 bridgehead atoms. The maximum absolute atomic E-state index is 5.93. The van der Waals surface area contributed by atoms with Gasteiger partial charge in [0.2, 0.25) is 0 Å². The summed E-state index contributed by atoms with van der Waals surface area (Å²) < 4.78 is 5.93. The molecule has 0 aliphatic carbocycles. The Morgan fingerprint density at radius 2 is 1.62 bits per heavy atom. The van der Waals surface area contributed by atoms with Crippen molar-refractivity contribution in [3.05, 3.63) is 100 Å². The van der Waals surface area contributed by atoms with E-state index in [1.54, 1.807) is 0 Å². The molecule has 0 fully saturated rings. The lowest BCUT2D eigenvalue weighted by Gasteiger charge is -2.10. The summed E-state index contributed by atoms with van der Waals surface area (Å²) in [6.07, 6.45) is 0.987. The van der Waals surface area contributed by atoms with Gasteiger partial charge in [0.05, 0.1) is 0 Å². The van der Waals surface area contributed by atoms with Crippen LogP contribution in [0.1, 0.15) is 22.3 Å². The number of rotatable bonds is 8. The van der Waals surface area contributed by atoms with Gasteiger partial charge in [-0.05, 0) is 60.8 Å². The van der Waals surface area contributed by atoms with Gasteiger partial charge in [0.1, 0.15) is 12.4 Å². The highest BCUT2D eigenvalue weighted by Crippen LogP contribution is 2.16. The van der Waals surface area contributed by atoms with Crippen LogP contribution < -0.4 is 10.1 Å². The van der Waals surface area contributed by atoms with Gasteiger partial charge in [-0.15, -0.1) is 0 Å². The highest BCUT2D eigenvalue weighted by atomic mass is 35.5. The first-order valence-electron chi connectivity index (χ1n) is 8.91. The van der Waals surface area contributed by atoms with Gasteiger partial charge in [0, 0.05) is 11.6 Å². The number of ether oxygens (including phenoxy) is 1. The topological polar surface area (TPSA) is 21.3 Å². The molecular weight excluding hydrogens is 342 g/mol. The Kier molecular flexibility index (Phi) is 6.70. The first-order valence-corrected chi connectivity index (χ1v) is 9.29. The molecule has 3 aromatic carbocycles. The number of aryl methyl sites for hydroxylation is 1. The summed E-state index contributed by atoms with van der Waals surface area (Å²) >= 11 is 5.91. The summed E-state index contributed by atoms with van der Waals surface area (Å²) in [5.41, 5.74) is 4.96. The van der Waals surface area contributed by atoms with E-state index in [0.717, 1.165) is 30.3 Å². The van der Waals surface area contributed by atoms with Crippen molar-refractivity contribution in [2.45, 2.75) is 26.5 Å². The SMILES string of the molecule is Cc1cccc(COc2cccc(CNCCc3ccc(Cl)cc3)c2)c1. The highest BCUT2D eigenvalue weighted by Gasteiger charge is 2.00. The molecule has 0 saturated carbocycles. The minimum absolute atomic E-state index is 0.592. The third-order valence-corrected chi connectivity index (χ3v) is 4.47. The Hall–Kier alpha value is -2.29. The van der Waals surface area contributed by atoms with Gasteiger partial charge in [-0.1, -0.05) is 65.7 Å². The van der Waals surface area contributed by atoms with Crippen molar-refractivity contribution in [1.82, 2.24) is 5.32 Å². The number of hydrogen-bond donors (Lipinski definition) is 1. The number of hydrogen-bond acceptors (Lipinski definition) is 2. The third-order valence-electron chi connectivity index (χ3n) is 4.22. The number of benzene rings is 3. The first kappa shape index (κ1) is 18.5. The predicted molar refractivity (Wildman–Crippen MR) is 109 cm³/mol. The predicted octanol–water partition coefficient (Wildman–Crippen LogP) is 5.56. The van der Waals surface area contributed by atoms with E-state index in [1.807, 2.05) is 24.3 Å². The summed E-state index contributed by atoms with van der Waals surface area (Å²) in [6.45, 7) is 4.44. The smallest absolute Gasteiger partial charge is 0.120 e. The Morgan fingerprint density at radius 1 is 0.846 bits per heavy atom. The third kappa shape index (κ3) is 5.91. The van der Waals surface area contributed by atoms with E-state index in [4.69, 9.17) is 16.3 Å². The molecule has 0 unspecified atom stereocenters. The van der Waals surface area contributed by atoms with Crippen LogP contribution >= 0.6 is 11.6 Å². The summed E-state index contributed by atoms with van der Waals surface area (Å²) in [7, 11) is 0. The Balaban J connectivity index is 1.45. The number of nitrogens with one attached hydrogen (secondary N) is 1. The van der Waals surface area contributed by atoms with Crippen molar-refractivity contribution in [2.24, 2.45) is 0 Å². The summed E-state index contributed by atoms with van der Waals surface area (Å²) in [5, 5.41) is 4.27. The Labute approximate surface area is 160 Å². The second-order valence-electron chi connectivity index (χ2n) is 6.48. The quantitative estimate of drug-likeness (QED) is 0.527. The Morgan fingerprint density at radius 3 is 2.42 bits per heavy atom. The molecule has 1 N–H and O–H groups in total. The van der Waals surface area contributed by atoms with E-state index < -0.39 is 0 Å². The van der Waals surface area contributed by atoms with Crippen molar-refractivity contribution in [3.8, 4) is 5.75 Å². The van der Waals surface area contributed by atoms with Crippen molar-refractivity contribution in [2.75, 3.05) is 6.54 Å². The van der Waals surface area contributed by atoms with Gasteiger partial charge in [0.15, 0.2) is 0 Å². The van der Waals surface area contributed by atoms with Crippen LogP contribution in [0.4, 0.5) is 0 Å². The van der Waals surface area contributed by atoms with Gasteiger partial charge in [-0.25, -0.2) is 0 Å². The van der Waals surface area contributed by atoms with Crippen LogP contribution in [0.5, 0.6) is 5.75 Å². The molecule has 0 heterocycles. The fourth-order valence-corrected chi connectivity index (χ4v) is 2.96. The van der Waals surface area contributed by atoms with Crippen LogP contribution in [0, 0.1) is 6.92 Å². The lowest BCUT2D eigenvalue weighted by molar-refractivity contribution is 0.306. The lowest BCUT2D eigenvalue weighted by atomic mass is 10.1. The zero-order valence-electron chi connectivity index (χ0n) is 15.0. The molecule has 0 saturated heterocycles. The van der Waals surface area contributed by atoms with E-state index in [0.29, 0.717) is 6.61 Å². The second-order valence-corrected chi connectivity index (χ2v) is 6.91. The van der Waals surface area contributed by atoms with Crippen LogP contribution in [-0.4, -0.2) is 6.54 Å². The zero-order valence-corrected chi connectivity index (χ0v) is 15.8. The summed E-state index contributed by atoms with van der Waals surface area (Å²) in [5.74, 6) is 0.906. The van der Waals surface area contributed by atoms with E-state index in [1.165, 1.54) is 22.3 Å². The van der Waals surface area contributed by atoms with Gasteiger partial charge in [-0.2, -0.15) is 0 Å². The van der Waals surface area contributed by atoms with Crippen molar-refractivity contribution in [1.29, 1.82) is 0 Å². The van der Waals surface area contributed by atoms with Crippen molar-refractivity contribution < 1.29 is 4.74 Å². The van der Waals surface area contributed by atoms with E-state index in [9.17, 15) is 0 Å². The van der Waals surface area contributed by atoms with Crippen LogP contribution in [0.25, 0.3) is 0 Å². The molecule has 0 aromatic heterocycles. The molecule has 3 heteroatoms. The molecule has 2 nitrogen and oxygen atoms in total. The van der Waals surface area contributed by atoms with E-state index >= 15 is 0 Å². The molecule has 0 aliphatic heterocycles. The van der Waals surface area contributed by atoms with Gasteiger partial charge >= 0.3 is 0 Å².